The van der Waals surface area contributed by atoms with Gasteiger partial charge in [-0.1, -0.05) is 6.07 Å². The van der Waals surface area contributed by atoms with Crippen molar-refractivity contribution >= 4 is 17.5 Å². The Morgan fingerprint density at radius 3 is 2.52 bits per heavy atom. The van der Waals surface area contributed by atoms with Gasteiger partial charge in [0.25, 0.3) is 0 Å². The second-order valence-corrected chi connectivity index (χ2v) is 4.94. The Morgan fingerprint density at radius 2 is 1.96 bits per heavy atom. The Bertz CT molecular complexity index is 657. The largest absolute Gasteiger partial charge is 0.497 e. The highest BCUT2D eigenvalue weighted by molar-refractivity contribution is 5.97. The van der Waals surface area contributed by atoms with Gasteiger partial charge in [-0.3, -0.25) is 14.6 Å². The molecule has 0 aliphatic rings. The normalized spacial score (nSPS) is 10.0. The lowest BCUT2D eigenvalue weighted by Crippen LogP contribution is -2.39. The molecule has 2 rings (SSSR count). The second-order valence-electron chi connectivity index (χ2n) is 4.94. The van der Waals surface area contributed by atoms with E-state index in [1.54, 1.807) is 49.8 Å². The van der Waals surface area contributed by atoms with E-state index in [0.29, 0.717) is 18.0 Å². The van der Waals surface area contributed by atoms with Crippen LogP contribution in [0.3, 0.4) is 0 Å². The van der Waals surface area contributed by atoms with Gasteiger partial charge in [0.1, 0.15) is 12.3 Å². The van der Waals surface area contributed by atoms with Crippen LogP contribution in [-0.4, -0.2) is 30.5 Å². The Labute approximate surface area is 135 Å². The molecule has 0 radical (unpaired) electrons. The monoisotopic (exact) mass is 313 g/mol. The number of nitrogens with zero attached hydrogens (tertiary/aromatic N) is 2. The fourth-order valence-electron chi connectivity index (χ4n) is 2.05. The Morgan fingerprint density at radius 1 is 1.22 bits per heavy atom. The zero-order chi connectivity index (χ0) is 16.7. The van der Waals surface area contributed by atoms with Crippen LogP contribution in [0.25, 0.3) is 0 Å². The first kappa shape index (κ1) is 16.5. The zero-order valence-electron chi connectivity index (χ0n) is 13.2. The molecule has 2 aromatic rings. The van der Waals surface area contributed by atoms with Crippen LogP contribution in [0.2, 0.25) is 0 Å². The summed E-state index contributed by atoms with van der Waals surface area (Å²) < 4.78 is 5.09. The van der Waals surface area contributed by atoms with Crippen LogP contribution < -0.4 is 15.0 Å². The van der Waals surface area contributed by atoms with Gasteiger partial charge in [0.05, 0.1) is 7.11 Å². The van der Waals surface area contributed by atoms with Crippen molar-refractivity contribution in [2.45, 2.75) is 13.5 Å². The summed E-state index contributed by atoms with van der Waals surface area (Å²) in [4.78, 5) is 29.3. The summed E-state index contributed by atoms with van der Waals surface area (Å²) in [6.45, 7) is 1.77. The van der Waals surface area contributed by atoms with Crippen molar-refractivity contribution in [1.29, 1.82) is 0 Å². The highest BCUT2D eigenvalue weighted by Gasteiger charge is 2.15. The van der Waals surface area contributed by atoms with E-state index in [9.17, 15) is 9.59 Å². The fraction of sp³-hybridized carbons (Fsp3) is 0.235. The van der Waals surface area contributed by atoms with E-state index >= 15 is 0 Å². The molecule has 0 bridgehead atoms. The molecule has 6 nitrogen and oxygen atoms in total. The van der Waals surface area contributed by atoms with Crippen molar-refractivity contribution in [3.8, 4) is 5.75 Å². The topological polar surface area (TPSA) is 71.5 Å². The number of rotatable bonds is 6. The summed E-state index contributed by atoms with van der Waals surface area (Å²) in [7, 11) is 1.57. The Balaban J connectivity index is 1.98. The minimum Gasteiger partial charge on any atom is -0.497 e. The average molecular weight is 313 g/mol. The molecule has 0 aliphatic carbocycles. The van der Waals surface area contributed by atoms with E-state index in [-0.39, 0.29) is 18.4 Å². The fourth-order valence-corrected chi connectivity index (χ4v) is 2.05. The lowest BCUT2D eigenvalue weighted by Gasteiger charge is -2.21. The number of aromatic nitrogens is 1. The summed E-state index contributed by atoms with van der Waals surface area (Å²) in [6, 6.07) is 10.7. The van der Waals surface area contributed by atoms with Gasteiger partial charge in [0, 0.05) is 31.5 Å². The summed E-state index contributed by atoms with van der Waals surface area (Å²) in [5.41, 5.74) is 1.55. The number of nitrogens with one attached hydrogen (secondary N) is 1. The van der Waals surface area contributed by atoms with E-state index in [1.165, 1.54) is 11.8 Å². The van der Waals surface area contributed by atoms with E-state index in [1.807, 2.05) is 6.07 Å². The van der Waals surface area contributed by atoms with E-state index < -0.39 is 0 Å². The molecule has 0 saturated carbocycles. The highest BCUT2D eigenvalue weighted by atomic mass is 16.5. The number of pyridine rings is 1. The molecule has 0 atom stereocenters. The number of ether oxygens (including phenoxy) is 1. The minimum atomic E-state index is -0.236. The summed E-state index contributed by atoms with van der Waals surface area (Å²) in [5.74, 6) is 0.254. The number of carbonyl (C=O) groups excluding carboxylic acids is 2. The molecule has 2 amide bonds. The number of amides is 2. The van der Waals surface area contributed by atoms with Crippen molar-refractivity contribution < 1.29 is 14.3 Å². The average Bonchev–Trinajstić information content (AvgIpc) is 2.58. The molecule has 0 unspecified atom stereocenters. The number of hydrogen-bond acceptors (Lipinski definition) is 4. The maximum atomic E-state index is 12.1. The van der Waals surface area contributed by atoms with E-state index in [4.69, 9.17) is 4.74 Å². The number of hydrogen-bond donors (Lipinski definition) is 1. The number of benzene rings is 1. The molecule has 1 aromatic heterocycles. The maximum Gasteiger partial charge on any atom is 0.240 e. The third kappa shape index (κ3) is 4.81. The van der Waals surface area contributed by atoms with Crippen LogP contribution in [0.15, 0.2) is 48.8 Å². The first-order valence-corrected chi connectivity index (χ1v) is 7.18. The Hall–Kier alpha value is -2.89. The van der Waals surface area contributed by atoms with E-state index in [2.05, 4.69) is 10.3 Å². The lowest BCUT2D eigenvalue weighted by atomic mass is 10.2. The molecule has 1 heterocycles. The first-order valence-electron chi connectivity index (χ1n) is 7.18. The van der Waals surface area contributed by atoms with Gasteiger partial charge < -0.3 is 15.0 Å². The van der Waals surface area contributed by atoms with Crippen LogP contribution in [-0.2, 0) is 16.1 Å². The standard InChI is InChI=1S/C17H19N3O3/c1-13(21)20(15-5-7-16(23-2)8-6-15)12-17(22)19-11-14-4-3-9-18-10-14/h3-10H,11-12H2,1-2H3,(H,19,22). The van der Waals surface area contributed by atoms with Crippen molar-refractivity contribution in [3.05, 3.63) is 54.4 Å². The van der Waals surface area contributed by atoms with Gasteiger partial charge in [-0.2, -0.15) is 0 Å². The van der Waals surface area contributed by atoms with Gasteiger partial charge in [-0.25, -0.2) is 0 Å². The molecule has 1 aromatic carbocycles. The third-order valence-corrected chi connectivity index (χ3v) is 3.28. The molecule has 120 valence electrons. The number of methoxy groups -OCH3 is 1. The van der Waals surface area contributed by atoms with Crippen LogP contribution in [0.1, 0.15) is 12.5 Å². The SMILES string of the molecule is COc1ccc(N(CC(=O)NCc2cccnc2)C(C)=O)cc1. The van der Waals surface area contributed by atoms with E-state index in [0.717, 1.165) is 5.56 Å². The zero-order valence-corrected chi connectivity index (χ0v) is 13.2. The van der Waals surface area contributed by atoms with Crippen LogP contribution in [0.4, 0.5) is 5.69 Å². The van der Waals surface area contributed by atoms with Crippen LogP contribution in [0, 0.1) is 0 Å². The molecular formula is C17H19N3O3. The van der Waals surface area contributed by atoms with Gasteiger partial charge >= 0.3 is 0 Å². The summed E-state index contributed by atoms with van der Waals surface area (Å²) in [5, 5.41) is 2.78. The molecule has 0 fully saturated rings. The molecule has 1 N–H and O–H groups in total. The van der Waals surface area contributed by atoms with Crippen molar-refractivity contribution in [2.75, 3.05) is 18.6 Å². The maximum absolute atomic E-state index is 12.1. The summed E-state index contributed by atoms with van der Waals surface area (Å²) >= 11 is 0. The molecule has 0 aliphatic heterocycles. The Kier molecular flexibility index (Phi) is 5.68. The number of carbonyl (C=O) groups is 2. The van der Waals surface area contributed by atoms with Crippen molar-refractivity contribution in [3.63, 3.8) is 0 Å². The van der Waals surface area contributed by atoms with Crippen molar-refractivity contribution in [2.24, 2.45) is 0 Å². The minimum absolute atomic E-state index is 0.0398. The predicted molar refractivity (Wildman–Crippen MR) is 87.1 cm³/mol. The van der Waals surface area contributed by atoms with Crippen LogP contribution >= 0.6 is 0 Å². The predicted octanol–water partition coefficient (Wildman–Crippen LogP) is 1.76. The number of anilines is 1. The summed E-state index contributed by atoms with van der Waals surface area (Å²) in [6.07, 6.45) is 3.36. The lowest BCUT2D eigenvalue weighted by molar-refractivity contribution is -0.123. The van der Waals surface area contributed by atoms with Crippen LogP contribution in [0.5, 0.6) is 5.75 Å². The van der Waals surface area contributed by atoms with Gasteiger partial charge in [0.15, 0.2) is 0 Å². The third-order valence-electron chi connectivity index (χ3n) is 3.28. The molecule has 23 heavy (non-hydrogen) atoms. The van der Waals surface area contributed by atoms with Gasteiger partial charge in [-0.15, -0.1) is 0 Å². The first-order chi connectivity index (χ1) is 11.1. The highest BCUT2D eigenvalue weighted by Crippen LogP contribution is 2.19. The molecule has 0 spiro atoms. The molecule has 0 saturated heterocycles. The quantitative estimate of drug-likeness (QED) is 0.882. The molecular weight excluding hydrogens is 294 g/mol. The van der Waals surface area contributed by atoms with Crippen molar-refractivity contribution in [1.82, 2.24) is 10.3 Å². The van der Waals surface area contributed by atoms with Gasteiger partial charge in [-0.05, 0) is 35.9 Å². The second kappa shape index (κ2) is 7.93. The van der Waals surface area contributed by atoms with Gasteiger partial charge in [0.2, 0.25) is 11.8 Å². The smallest absolute Gasteiger partial charge is 0.240 e. The molecule has 6 heteroatoms.